The number of fused-ring (bicyclic) bond motifs is 1. The van der Waals surface area contributed by atoms with E-state index in [-0.39, 0.29) is 12.5 Å². The molecule has 0 saturated heterocycles. The van der Waals surface area contributed by atoms with E-state index in [1.54, 1.807) is 36.7 Å². The van der Waals surface area contributed by atoms with Crippen LogP contribution in [-0.4, -0.2) is 29.9 Å². The highest BCUT2D eigenvalue weighted by molar-refractivity contribution is 5.91. The third kappa shape index (κ3) is 3.17. The zero-order valence-electron chi connectivity index (χ0n) is 11.1. The second-order valence-electron chi connectivity index (χ2n) is 4.34. The Hall–Kier alpha value is -2.89. The molecule has 1 aromatic carbocycles. The van der Waals surface area contributed by atoms with E-state index in [1.807, 2.05) is 12.1 Å². The lowest BCUT2D eigenvalue weighted by Gasteiger charge is -2.24. The number of amides is 1. The summed E-state index contributed by atoms with van der Waals surface area (Å²) >= 11 is 0. The molecule has 1 N–H and O–H groups in total. The number of benzene rings is 1. The van der Waals surface area contributed by atoms with Gasteiger partial charge in [0.15, 0.2) is 11.5 Å². The van der Waals surface area contributed by atoms with E-state index in [1.165, 1.54) is 6.34 Å². The maximum Gasteiger partial charge on any atom is 0.269 e. The largest absolute Gasteiger partial charge is 0.485 e. The Morgan fingerprint density at radius 3 is 2.95 bits per heavy atom. The van der Waals surface area contributed by atoms with Crippen LogP contribution in [0.3, 0.4) is 0 Å². The third-order valence-corrected chi connectivity index (χ3v) is 2.87. The Balaban J connectivity index is 1.59. The fraction of sp³-hybridized carbons (Fsp3) is 0.133. The van der Waals surface area contributed by atoms with Crippen LogP contribution in [0.2, 0.25) is 0 Å². The minimum absolute atomic E-state index is 0.170. The van der Waals surface area contributed by atoms with Gasteiger partial charge in [0.05, 0.1) is 18.2 Å². The lowest BCUT2D eigenvalue weighted by Crippen LogP contribution is -2.43. The summed E-state index contributed by atoms with van der Waals surface area (Å²) in [5.74, 6) is 0.899. The molecule has 1 aromatic heterocycles. The van der Waals surface area contributed by atoms with Crippen molar-refractivity contribution < 1.29 is 14.3 Å². The van der Waals surface area contributed by atoms with Gasteiger partial charge in [0.2, 0.25) is 6.10 Å². The molecular formula is C15H13N3O3. The van der Waals surface area contributed by atoms with Gasteiger partial charge in [-0.3, -0.25) is 9.78 Å². The summed E-state index contributed by atoms with van der Waals surface area (Å²) in [7, 11) is 0. The zero-order chi connectivity index (χ0) is 14.5. The molecule has 3 rings (SSSR count). The van der Waals surface area contributed by atoms with Gasteiger partial charge in [0.25, 0.3) is 5.91 Å². The third-order valence-electron chi connectivity index (χ3n) is 2.87. The standard InChI is InChI=1S/C15H13N3O3/c19-15(18-10-17-11-4-3-7-16-8-11)14-9-20-12-5-1-2-6-13(12)21-14/h1-8,10,14H,9H2,(H,17,18,19)/t14-/m0/s1. The molecular weight excluding hydrogens is 270 g/mol. The molecule has 1 amide bonds. The van der Waals surface area contributed by atoms with Crippen LogP contribution in [0.15, 0.2) is 53.8 Å². The Morgan fingerprint density at radius 2 is 2.14 bits per heavy atom. The molecule has 1 atom stereocenters. The molecule has 0 bridgehead atoms. The predicted octanol–water partition coefficient (Wildman–Crippen LogP) is 1.70. The normalized spacial score (nSPS) is 16.7. The molecule has 1 aliphatic rings. The van der Waals surface area contributed by atoms with Crippen molar-refractivity contribution in [3.8, 4) is 11.5 Å². The number of carbonyl (C=O) groups is 1. The maximum atomic E-state index is 12.0. The fourth-order valence-corrected chi connectivity index (χ4v) is 1.84. The monoisotopic (exact) mass is 283 g/mol. The van der Waals surface area contributed by atoms with Crippen LogP contribution in [0.1, 0.15) is 0 Å². The van der Waals surface area contributed by atoms with Gasteiger partial charge in [-0.2, -0.15) is 0 Å². The van der Waals surface area contributed by atoms with Crippen LogP contribution < -0.4 is 14.8 Å². The van der Waals surface area contributed by atoms with Crippen molar-refractivity contribution in [1.29, 1.82) is 0 Å². The number of hydrogen-bond acceptors (Lipinski definition) is 5. The van der Waals surface area contributed by atoms with Crippen molar-refractivity contribution in [2.24, 2.45) is 4.99 Å². The Bertz CT molecular complexity index is 658. The average Bonchev–Trinajstić information content (AvgIpc) is 2.55. The number of pyridine rings is 1. The highest BCUT2D eigenvalue weighted by Gasteiger charge is 2.26. The van der Waals surface area contributed by atoms with Gasteiger partial charge in [0, 0.05) is 6.20 Å². The first kappa shape index (κ1) is 13.1. The van der Waals surface area contributed by atoms with Crippen LogP contribution in [0.5, 0.6) is 11.5 Å². The SMILES string of the molecule is O=C(NC=Nc1cccnc1)[C@@H]1COc2ccccc2O1. The topological polar surface area (TPSA) is 72.8 Å². The van der Waals surface area contributed by atoms with Gasteiger partial charge in [0.1, 0.15) is 6.61 Å². The van der Waals surface area contributed by atoms with Crippen LogP contribution >= 0.6 is 0 Å². The molecule has 6 nitrogen and oxygen atoms in total. The van der Waals surface area contributed by atoms with Crippen LogP contribution in [0.25, 0.3) is 0 Å². The van der Waals surface area contributed by atoms with Crippen molar-refractivity contribution in [2.45, 2.75) is 6.10 Å². The summed E-state index contributed by atoms with van der Waals surface area (Å²) in [5.41, 5.74) is 0.656. The number of aromatic nitrogens is 1. The minimum atomic E-state index is -0.694. The summed E-state index contributed by atoms with van der Waals surface area (Å²) < 4.78 is 11.1. The number of carbonyl (C=O) groups excluding carboxylic acids is 1. The van der Waals surface area contributed by atoms with E-state index in [2.05, 4.69) is 15.3 Å². The minimum Gasteiger partial charge on any atom is -0.485 e. The van der Waals surface area contributed by atoms with Gasteiger partial charge in [-0.05, 0) is 24.3 Å². The lowest BCUT2D eigenvalue weighted by molar-refractivity contribution is -0.128. The Morgan fingerprint density at radius 1 is 1.29 bits per heavy atom. The summed E-state index contributed by atoms with van der Waals surface area (Å²) in [6.07, 6.45) is 3.88. The first-order chi connectivity index (χ1) is 10.3. The van der Waals surface area contributed by atoms with Crippen LogP contribution in [-0.2, 0) is 4.79 Å². The highest BCUT2D eigenvalue weighted by atomic mass is 16.6. The van der Waals surface area contributed by atoms with E-state index in [9.17, 15) is 4.79 Å². The van der Waals surface area contributed by atoms with Crippen molar-refractivity contribution >= 4 is 17.9 Å². The average molecular weight is 283 g/mol. The first-order valence-corrected chi connectivity index (χ1v) is 6.44. The zero-order valence-corrected chi connectivity index (χ0v) is 11.1. The Labute approximate surface area is 121 Å². The molecule has 0 radical (unpaired) electrons. The fourth-order valence-electron chi connectivity index (χ4n) is 1.84. The molecule has 0 aliphatic carbocycles. The van der Waals surface area contributed by atoms with Crippen LogP contribution in [0.4, 0.5) is 5.69 Å². The second kappa shape index (κ2) is 6.04. The summed E-state index contributed by atoms with van der Waals surface area (Å²) in [6.45, 7) is 0.170. The quantitative estimate of drug-likeness (QED) is 0.687. The number of ether oxygens (including phenoxy) is 2. The molecule has 0 saturated carbocycles. The van der Waals surface area contributed by atoms with E-state index in [0.29, 0.717) is 17.2 Å². The molecule has 0 spiro atoms. The summed E-state index contributed by atoms with van der Waals surface area (Å²) in [4.78, 5) is 20.0. The number of rotatable bonds is 3. The number of para-hydroxylation sites is 2. The number of nitrogens with zero attached hydrogens (tertiary/aromatic N) is 2. The maximum absolute atomic E-state index is 12.0. The van der Waals surface area contributed by atoms with Gasteiger partial charge in [-0.1, -0.05) is 12.1 Å². The molecule has 21 heavy (non-hydrogen) atoms. The predicted molar refractivity (Wildman–Crippen MR) is 76.9 cm³/mol. The first-order valence-electron chi connectivity index (χ1n) is 6.44. The number of aliphatic imine (C=N–C) groups is 1. The van der Waals surface area contributed by atoms with Gasteiger partial charge in [-0.15, -0.1) is 0 Å². The van der Waals surface area contributed by atoms with Gasteiger partial charge in [-0.25, -0.2) is 4.99 Å². The van der Waals surface area contributed by atoms with Crippen molar-refractivity contribution in [2.75, 3.05) is 6.61 Å². The van der Waals surface area contributed by atoms with E-state index in [0.717, 1.165) is 0 Å². The van der Waals surface area contributed by atoms with Gasteiger partial charge < -0.3 is 14.8 Å². The van der Waals surface area contributed by atoms with Gasteiger partial charge >= 0.3 is 0 Å². The molecule has 2 aromatic rings. The van der Waals surface area contributed by atoms with E-state index >= 15 is 0 Å². The van der Waals surface area contributed by atoms with Crippen LogP contribution in [0, 0.1) is 0 Å². The number of hydrogen-bond donors (Lipinski definition) is 1. The van der Waals surface area contributed by atoms with Crippen molar-refractivity contribution in [3.05, 3.63) is 48.8 Å². The molecule has 0 fully saturated rings. The molecule has 2 heterocycles. The summed E-state index contributed by atoms with van der Waals surface area (Å²) in [5, 5.41) is 2.57. The van der Waals surface area contributed by atoms with E-state index in [4.69, 9.17) is 9.47 Å². The van der Waals surface area contributed by atoms with E-state index < -0.39 is 6.10 Å². The molecule has 106 valence electrons. The smallest absolute Gasteiger partial charge is 0.269 e. The number of nitrogens with one attached hydrogen (secondary N) is 1. The van der Waals surface area contributed by atoms with Crippen molar-refractivity contribution in [3.63, 3.8) is 0 Å². The summed E-state index contributed by atoms with van der Waals surface area (Å²) in [6, 6.07) is 10.8. The van der Waals surface area contributed by atoms with Crippen molar-refractivity contribution in [1.82, 2.24) is 10.3 Å². The highest BCUT2D eigenvalue weighted by Crippen LogP contribution is 2.30. The molecule has 6 heteroatoms. The molecule has 0 unspecified atom stereocenters. The molecule has 1 aliphatic heterocycles. The Kier molecular flexibility index (Phi) is 3.77. The lowest BCUT2D eigenvalue weighted by atomic mass is 10.2. The second-order valence-corrected chi connectivity index (χ2v) is 4.34.